The Balaban J connectivity index is 1.49. The summed E-state index contributed by atoms with van der Waals surface area (Å²) < 4.78 is 5.88. The first-order valence-electron chi connectivity index (χ1n) is 7.77. The molecule has 1 aliphatic heterocycles. The fourth-order valence-electron chi connectivity index (χ4n) is 2.84. The lowest BCUT2D eigenvalue weighted by Gasteiger charge is -2.25. The second-order valence-electron chi connectivity index (χ2n) is 6.30. The quantitative estimate of drug-likeness (QED) is 0.907. The number of carbonyl (C=O) groups is 1. The van der Waals surface area contributed by atoms with E-state index in [1.54, 1.807) is 4.90 Å². The molecule has 0 bridgehead atoms. The molecule has 1 saturated heterocycles. The Hall–Kier alpha value is -0.940. The van der Waals surface area contributed by atoms with E-state index in [1.165, 1.54) is 6.42 Å². The summed E-state index contributed by atoms with van der Waals surface area (Å²) in [6.07, 6.45) is 1.81. The van der Waals surface area contributed by atoms with Crippen LogP contribution in [-0.4, -0.2) is 41.9 Å². The van der Waals surface area contributed by atoms with Gasteiger partial charge in [0, 0.05) is 43.5 Å². The Labute approximate surface area is 130 Å². The van der Waals surface area contributed by atoms with Gasteiger partial charge in [0.25, 0.3) is 0 Å². The van der Waals surface area contributed by atoms with E-state index >= 15 is 0 Å². The van der Waals surface area contributed by atoms with Crippen LogP contribution in [-0.2, 0) is 11.3 Å². The number of hydrogen-bond acceptors (Lipinski definition) is 4. The van der Waals surface area contributed by atoms with Gasteiger partial charge in [-0.1, -0.05) is 6.92 Å². The van der Waals surface area contributed by atoms with Gasteiger partial charge in [0.15, 0.2) is 0 Å². The Morgan fingerprint density at radius 1 is 1.52 bits per heavy atom. The number of rotatable bonds is 5. The molecule has 5 heteroatoms. The lowest BCUT2D eigenvalue weighted by molar-refractivity contribution is -0.131. The Bertz CT molecular complexity index is 496. The Kier molecular flexibility index (Phi) is 4.60. The molecule has 3 unspecified atom stereocenters. The highest BCUT2D eigenvalue weighted by atomic mass is 32.2. The molecule has 2 heterocycles. The van der Waals surface area contributed by atoms with E-state index in [0.29, 0.717) is 24.9 Å². The zero-order valence-electron chi connectivity index (χ0n) is 12.8. The second kappa shape index (κ2) is 6.44. The minimum atomic E-state index is 0.188. The number of nitrogens with one attached hydrogen (secondary N) is 1. The first-order valence-corrected chi connectivity index (χ1v) is 8.92. The minimum Gasteiger partial charge on any atom is -0.464 e. The first-order chi connectivity index (χ1) is 10.1. The van der Waals surface area contributed by atoms with Gasteiger partial charge >= 0.3 is 0 Å². The zero-order valence-corrected chi connectivity index (χ0v) is 13.6. The van der Waals surface area contributed by atoms with E-state index in [-0.39, 0.29) is 5.91 Å². The van der Waals surface area contributed by atoms with Gasteiger partial charge in [0.2, 0.25) is 5.91 Å². The van der Waals surface area contributed by atoms with Gasteiger partial charge in [-0.25, -0.2) is 0 Å². The highest BCUT2D eigenvalue weighted by Crippen LogP contribution is 2.47. The monoisotopic (exact) mass is 308 g/mol. The fourth-order valence-corrected chi connectivity index (χ4v) is 3.79. The summed E-state index contributed by atoms with van der Waals surface area (Å²) in [5.74, 6) is 5.70. The molecule has 21 heavy (non-hydrogen) atoms. The summed E-state index contributed by atoms with van der Waals surface area (Å²) in [6, 6.07) is 4.40. The van der Waals surface area contributed by atoms with E-state index in [2.05, 4.69) is 18.3 Å². The van der Waals surface area contributed by atoms with E-state index in [0.717, 1.165) is 35.5 Å². The molecule has 2 aliphatic rings. The third-order valence-corrected chi connectivity index (χ3v) is 5.53. The highest BCUT2D eigenvalue weighted by Gasteiger charge is 2.36. The van der Waals surface area contributed by atoms with Crippen molar-refractivity contribution in [1.29, 1.82) is 0 Å². The molecule has 0 spiro atoms. The van der Waals surface area contributed by atoms with Crippen molar-refractivity contribution in [3.8, 4) is 0 Å². The first kappa shape index (κ1) is 15.0. The van der Waals surface area contributed by atoms with Crippen LogP contribution in [0.1, 0.15) is 37.2 Å². The number of furan rings is 1. The predicted molar refractivity (Wildman–Crippen MR) is 85.4 cm³/mol. The largest absolute Gasteiger partial charge is 0.464 e. The SMILES string of the molecule is CC1CC1c1ccc(CN(C)C(=O)CC2CSCCN2)o1. The fraction of sp³-hybridized carbons (Fsp3) is 0.688. The maximum absolute atomic E-state index is 12.3. The normalized spacial score (nSPS) is 28.4. The molecule has 1 aliphatic carbocycles. The summed E-state index contributed by atoms with van der Waals surface area (Å²) in [6.45, 7) is 3.82. The predicted octanol–water partition coefficient (Wildman–Crippen LogP) is 2.46. The summed E-state index contributed by atoms with van der Waals surface area (Å²) >= 11 is 1.92. The van der Waals surface area contributed by atoms with Crippen LogP contribution in [0.4, 0.5) is 0 Å². The van der Waals surface area contributed by atoms with Gasteiger partial charge in [0.05, 0.1) is 6.54 Å². The van der Waals surface area contributed by atoms with Crippen LogP contribution < -0.4 is 5.32 Å². The second-order valence-corrected chi connectivity index (χ2v) is 7.45. The van der Waals surface area contributed by atoms with Crippen molar-refractivity contribution in [3.63, 3.8) is 0 Å². The van der Waals surface area contributed by atoms with Crippen molar-refractivity contribution in [2.45, 2.75) is 38.3 Å². The molecule has 3 rings (SSSR count). The van der Waals surface area contributed by atoms with Crippen LogP contribution >= 0.6 is 11.8 Å². The average molecular weight is 308 g/mol. The van der Waals surface area contributed by atoms with Gasteiger partial charge in [-0.2, -0.15) is 11.8 Å². The number of carbonyl (C=O) groups excluding carboxylic acids is 1. The third-order valence-electron chi connectivity index (χ3n) is 4.40. The number of amides is 1. The lowest BCUT2D eigenvalue weighted by atomic mass is 10.2. The molecule has 1 saturated carbocycles. The molecule has 4 nitrogen and oxygen atoms in total. The van der Waals surface area contributed by atoms with E-state index in [1.807, 2.05) is 24.9 Å². The van der Waals surface area contributed by atoms with Crippen molar-refractivity contribution in [2.24, 2.45) is 5.92 Å². The van der Waals surface area contributed by atoms with E-state index in [4.69, 9.17) is 4.42 Å². The van der Waals surface area contributed by atoms with Crippen molar-refractivity contribution in [1.82, 2.24) is 10.2 Å². The third kappa shape index (κ3) is 3.83. The number of thioether (sulfide) groups is 1. The maximum Gasteiger partial charge on any atom is 0.224 e. The average Bonchev–Trinajstić information content (AvgIpc) is 3.03. The Morgan fingerprint density at radius 3 is 3.00 bits per heavy atom. The van der Waals surface area contributed by atoms with Crippen molar-refractivity contribution in [3.05, 3.63) is 23.7 Å². The molecule has 3 atom stereocenters. The van der Waals surface area contributed by atoms with E-state index < -0.39 is 0 Å². The molecule has 1 aromatic rings. The topological polar surface area (TPSA) is 45.5 Å². The molecule has 2 fully saturated rings. The van der Waals surface area contributed by atoms with Crippen molar-refractivity contribution < 1.29 is 9.21 Å². The molecular weight excluding hydrogens is 284 g/mol. The smallest absolute Gasteiger partial charge is 0.224 e. The summed E-state index contributed by atoms with van der Waals surface area (Å²) in [5, 5.41) is 3.41. The highest BCUT2D eigenvalue weighted by molar-refractivity contribution is 7.99. The number of hydrogen-bond donors (Lipinski definition) is 1. The summed E-state index contributed by atoms with van der Waals surface area (Å²) in [7, 11) is 1.86. The van der Waals surface area contributed by atoms with Gasteiger partial charge < -0.3 is 14.6 Å². The van der Waals surface area contributed by atoms with Gasteiger partial charge in [-0.15, -0.1) is 0 Å². The van der Waals surface area contributed by atoms with Crippen LogP contribution in [0.25, 0.3) is 0 Å². The van der Waals surface area contributed by atoms with Crippen LogP contribution in [0.5, 0.6) is 0 Å². The van der Waals surface area contributed by atoms with Crippen LogP contribution in [0, 0.1) is 5.92 Å². The standard InChI is InChI=1S/C16H24N2O2S/c1-11-7-14(11)15-4-3-13(20-15)9-18(2)16(19)8-12-10-21-6-5-17-12/h3-4,11-12,14,17H,5-10H2,1-2H3. The van der Waals surface area contributed by atoms with Crippen molar-refractivity contribution in [2.75, 3.05) is 25.1 Å². The molecule has 1 N–H and O–H groups in total. The van der Waals surface area contributed by atoms with Crippen LogP contribution in [0.3, 0.4) is 0 Å². The van der Waals surface area contributed by atoms with Gasteiger partial charge in [0.1, 0.15) is 11.5 Å². The summed E-state index contributed by atoms with van der Waals surface area (Å²) in [5.41, 5.74) is 0. The molecule has 0 aromatic carbocycles. The van der Waals surface area contributed by atoms with Gasteiger partial charge in [-0.3, -0.25) is 4.79 Å². The zero-order chi connectivity index (χ0) is 14.8. The molecule has 116 valence electrons. The van der Waals surface area contributed by atoms with Crippen LogP contribution in [0.15, 0.2) is 16.5 Å². The Morgan fingerprint density at radius 2 is 2.33 bits per heavy atom. The molecule has 1 aromatic heterocycles. The molecule has 0 radical (unpaired) electrons. The summed E-state index contributed by atoms with van der Waals surface area (Å²) in [4.78, 5) is 14.0. The van der Waals surface area contributed by atoms with E-state index in [9.17, 15) is 4.79 Å². The van der Waals surface area contributed by atoms with Crippen molar-refractivity contribution >= 4 is 17.7 Å². The number of nitrogens with zero attached hydrogens (tertiary/aromatic N) is 1. The van der Waals surface area contributed by atoms with Crippen LogP contribution in [0.2, 0.25) is 0 Å². The minimum absolute atomic E-state index is 0.188. The maximum atomic E-state index is 12.3. The lowest BCUT2D eigenvalue weighted by Crippen LogP contribution is -2.41. The van der Waals surface area contributed by atoms with Gasteiger partial charge in [-0.05, 0) is 24.5 Å². The molecule has 1 amide bonds. The molecular formula is C16H24N2O2S.